The number of nitrogens with two attached hydrogens (primary N) is 1. The number of benzene rings is 1. The topological polar surface area (TPSA) is 67.5 Å². The molecule has 1 aliphatic heterocycles. The Morgan fingerprint density at radius 3 is 2.89 bits per heavy atom. The summed E-state index contributed by atoms with van der Waals surface area (Å²) in [5.41, 5.74) is 8.95. The molecule has 1 saturated carbocycles. The lowest BCUT2D eigenvalue weighted by atomic mass is 10.0. The van der Waals surface area contributed by atoms with E-state index >= 15 is 0 Å². The van der Waals surface area contributed by atoms with Crippen LogP contribution < -0.4 is 11.1 Å². The maximum atomic E-state index is 11.5. The molecule has 0 spiro atoms. The number of amidine groups is 1. The fraction of sp³-hybridized carbons (Fsp3) is 0.462. The van der Waals surface area contributed by atoms with E-state index in [0.717, 1.165) is 16.8 Å². The third-order valence-electron chi connectivity index (χ3n) is 3.60. The maximum Gasteiger partial charge on any atom is 0.145 e. The second-order valence-corrected chi connectivity index (χ2v) is 6.02. The Bertz CT molecular complexity index is 521. The number of hydrogen-bond donors (Lipinski definition) is 2. The lowest BCUT2D eigenvalue weighted by molar-refractivity contribution is 0.683. The first kappa shape index (κ1) is 11.7. The fourth-order valence-electron chi connectivity index (χ4n) is 2.75. The molecular formula is C13H17N3OS. The minimum absolute atomic E-state index is 0.399. The summed E-state index contributed by atoms with van der Waals surface area (Å²) in [6.45, 7) is 0. The van der Waals surface area contributed by atoms with Crippen molar-refractivity contribution in [1.82, 2.24) is 0 Å². The number of nitrogens with zero attached hydrogens (tertiary/aromatic N) is 1. The van der Waals surface area contributed by atoms with Gasteiger partial charge in [-0.15, -0.1) is 0 Å². The smallest absolute Gasteiger partial charge is 0.145 e. The van der Waals surface area contributed by atoms with Crippen LogP contribution in [0.5, 0.6) is 0 Å². The van der Waals surface area contributed by atoms with Gasteiger partial charge in [-0.05, 0) is 24.5 Å². The van der Waals surface area contributed by atoms with Gasteiger partial charge in [0.1, 0.15) is 16.8 Å². The Morgan fingerprint density at radius 1 is 1.33 bits per heavy atom. The Kier molecular flexibility index (Phi) is 3.07. The molecule has 1 heterocycles. The summed E-state index contributed by atoms with van der Waals surface area (Å²) in [5, 5.41) is 3.55. The molecule has 1 fully saturated rings. The van der Waals surface area contributed by atoms with Crippen molar-refractivity contribution in [3.63, 3.8) is 0 Å². The van der Waals surface area contributed by atoms with E-state index in [4.69, 9.17) is 5.73 Å². The number of hydrogen-bond acceptors (Lipinski definition) is 3. The van der Waals surface area contributed by atoms with Crippen molar-refractivity contribution in [3.8, 4) is 0 Å². The van der Waals surface area contributed by atoms with Crippen LogP contribution in [-0.2, 0) is 16.7 Å². The van der Waals surface area contributed by atoms with Gasteiger partial charge in [0.05, 0.1) is 5.75 Å². The van der Waals surface area contributed by atoms with E-state index in [1.165, 1.54) is 25.7 Å². The van der Waals surface area contributed by atoms with E-state index < -0.39 is 11.0 Å². The SMILES string of the molecule is NC1=NS(=O)Cc2cccc(NC3CCCC3)c21. The van der Waals surface area contributed by atoms with Crippen LogP contribution in [0, 0.1) is 0 Å². The van der Waals surface area contributed by atoms with Gasteiger partial charge in [0, 0.05) is 17.3 Å². The zero-order valence-electron chi connectivity index (χ0n) is 10.2. The van der Waals surface area contributed by atoms with Crippen LogP contribution in [0.25, 0.3) is 0 Å². The highest BCUT2D eigenvalue weighted by molar-refractivity contribution is 7.83. The van der Waals surface area contributed by atoms with Crippen LogP contribution in [0.15, 0.2) is 22.6 Å². The highest BCUT2D eigenvalue weighted by Crippen LogP contribution is 2.28. The zero-order valence-corrected chi connectivity index (χ0v) is 11.0. The van der Waals surface area contributed by atoms with Crippen LogP contribution in [0.1, 0.15) is 36.8 Å². The number of fused-ring (bicyclic) bond motifs is 1. The van der Waals surface area contributed by atoms with Crippen LogP contribution in [0.3, 0.4) is 0 Å². The molecule has 2 aliphatic rings. The van der Waals surface area contributed by atoms with Crippen LogP contribution in [0.2, 0.25) is 0 Å². The van der Waals surface area contributed by atoms with Crippen molar-refractivity contribution in [1.29, 1.82) is 0 Å². The van der Waals surface area contributed by atoms with Crippen molar-refractivity contribution in [2.45, 2.75) is 37.5 Å². The lowest BCUT2D eigenvalue weighted by Gasteiger charge is -2.21. The summed E-state index contributed by atoms with van der Waals surface area (Å²) in [6.07, 6.45) is 5.01. The van der Waals surface area contributed by atoms with Gasteiger partial charge in [-0.1, -0.05) is 25.0 Å². The molecule has 0 aromatic heterocycles. The van der Waals surface area contributed by atoms with Gasteiger partial charge < -0.3 is 11.1 Å². The first-order valence-corrected chi connectivity index (χ1v) is 7.63. The third kappa shape index (κ3) is 2.14. The van der Waals surface area contributed by atoms with Crippen molar-refractivity contribution < 1.29 is 4.21 Å². The summed E-state index contributed by atoms with van der Waals surface area (Å²) >= 11 is 0. The fourth-order valence-corrected chi connectivity index (χ4v) is 3.64. The molecule has 0 saturated heterocycles. The summed E-state index contributed by atoms with van der Waals surface area (Å²) in [5.74, 6) is 0.867. The van der Waals surface area contributed by atoms with Gasteiger partial charge in [-0.25, -0.2) is 4.21 Å². The average Bonchev–Trinajstić information content (AvgIpc) is 2.81. The molecular weight excluding hydrogens is 246 g/mol. The second kappa shape index (κ2) is 4.72. The van der Waals surface area contributed by atoms with Gasteiger partial charge in [0.2, 0.25) is 0 Å². The van der Waals surface area contributed by atoms with Gasteiger partial charge in [0.15, 0.2) is 0 Å². The van der Waals surface area contributed by atoms with Crippen molar-refractivity contribution in [2.24, 2.45) is 10.1 Å². The van der Waals surface area contributed by atoms with Crippen molar-refractivity contribution in [3.05, 3.63) is 29.3 Å². The monoisotopic (exact) mass is 263 g/mol. The maximum absolute atomic E-state index is 11.5. The van der Waals surface area contributed by atoms with Crippen LogP contribution in [0.4, 0.5) is 5.69 Å². The van der Waals surface area contributed by atoms with Gasteiger partial charge in [-0.2, -0.15) is 4.40 Å². The highest BCUT2D eigenvalue weighted by Gasteiger charge is 2.22. The Hall–Kier alpha value is -1.36. The van der Waals surface area contributed by atoms with Crippen LogP contribution in [-0.4, -0.2) is 16.1 Å². The first-order chi connectivity index (χ1) is 8.74. The van der Waals surface area contributed by atoms with E-state index in [1.807, 2.05) is 18.2 Å². The second-order valence-electron chi connectivity index (χ2n) is 4.91. The summed E-state index contributed by atoms with van der Waals surface area (Å²) < 4.78 is 15.5. The van der Waals surface area contributed by atoms with Gasteiger partial charge in [-0.3, -0.25) is 0 Å². The summed E-state index contributed by atoms with van der Waals surface area (Å²) in [6, 6.07) is 6.55. The molecule has 1 aromatic carbocycles. The average molecular weight is 263 g/mol. The molecule has 1 atom stereocenters. The first-order valence-electron chi connectivity index (χ1n) is 6.35. The highest BCUT2D eigenvalue weighted by atomic mass is 32.2. The Labute approximate surface area is 109 Å². The predicted molar refractivity (Wildman–Crippen MR) is 74.9 cm³/mol. The number of rotatable bonds is 2. The largest absolute Gasteiger partial charge is 0.383 e. The van der Waals surface area contributed by atoms with Crippen molar-refractivity contribution in [2.75, 3.05) is 5.32 Å². The number of anilines is 1. The third-order valence-corrected chi connectivity index (χ3v) is 4.56. The molecule has 0 bridgehead atoms. The zero-order chi connectivity index (χ0) is 12.5. The molecule has 18 heavy (non-hydrogen) atoms. The molecule has 5 heteroatoms. The summed E-state index contributed by atoms with van der Waals surface area (Å²) in [4.78, 5) is 0. The normalized spacial score (nSPS) is 23.6. The minimum Gasteiger partial charge on any atom is -0.383 e. The molecule has 3 rings (SSSR count). The van der Waals surface area contributed by atoms with Crippen LogP contribution >= 0.6 is 0 Å². The molecule has 0 amide bonds. The molecule has 96 valence electrons. The standard InChI is InChI=1S/C13H17N3OS/c14-13-12-9(8-18(17)16-13)4-3-7-11(12)15-10-5-1-2-6-10/h3-4,7,10,15H,1-2,5-6,8H2,(H2,14,16). The predicted octanol–water partition coefficient (Wildman–Crippen LogP) is 1.92. The molecule has 0 radical (unpaired) electrons. The Morgan fingerprint density at radius 2 is 2.11 bits per heavy atom. The van der Waals surface area contributed by atoms with E-state index in [2.05, 4.69) is 9.71 Å². The van der Waals surface area contributed by atoms with Gasteiger partial charge in [0.25, 0.3) is 0 Å². The quantitative estimate of drug-likeness (QED) is 0.856. The van der Waals surface area contributed by atoms with Gasteiger partial charge >= 0.3 is 0 Å². The lowest BCUT2D eigenvalue weighted by Crippen LogP contribution is -2.25. The molecule has 4 nitrogen and oxygen atoms in total. The molecule has 1 aliphatic carbocycles. The number of nitrogens with one attached hydrogen (secondary N) is 1. The summed E-state index contributed by atoms with van der Waals surface area (Å²) in [7, 11) is -1.21. The molecule has 1 aromatic rings. The minimum atomic E-state index is -1.21. The molecule has 1 unspecified atom stereocenters. The van der Waals surface area contributed by atoms with E-state index in [0.29, 0.717) is 17.6 Å². The molecule has 3 N–H and O–H groups in total. The Balaban J connectivity index is 1.95. The van der Waals surface area contributed by atoms with E-state index in [9.17, 15) is 4.21 Å². The van der Waals surface area contributed by atoms with E-state index in [1.54, 1.807) is 0 Å². The van der Waals surface area contributed by atoms with Crippen molar-refractivity contribution >= 4 is 22.5 Å². The van der Waals surface area contributed by atoms with E-state index in [-0.39, 0.29) is 0 Å².